The molecule has 9 heteroatoms. The molecule has 0 unspecified atom stereocenters. The van der Waals surface area contributed by atoms with Crippen molar-refractivity contribution in [3.05, 3.63) is 93.5 Å². The second-order valence-corrected chi connectivity index (χ2v) is 8.72. The van der Waals surface area contributed by atoms with Crippen LogP contribution in [-0.4, -0.2) is 19.2 Å². The molecule has 0 saturated heterocycles. The number of nitro groups is 1. The van der Waals surface area contributed by atoms with E-state index in [0.717, 1.165) is 11.1 Å². The Balaban J connectivity index is 1.69. The molecule has 0 aliphatic carbocycles. The van der Waals surface area contributed by atoms with Crippen LogP contribution in [0.4, 0.5) is 17.1 Å². The Morgan fingerprint density at radius 3 is 2.23 bits per heavy atom. The van der Waals surface area contributed by atoms with Gasteiger partial charge in [0.05, 0.1) is 16.2 Å². The fraction of sp³-hybridized carbons (Fsp3) is 0.136. The summed E-state index contributed by atoms with van der Waals surface area (Å²) in [5.74, 6) is -0.446. The molecule has 3 rings (SSSR count). The molecule has 31 heavy (non-hydrogen) atoms. The van der Waals surface area contributed by atoms with Gasteiger partial charge in [-0.25, -0.2) is 8.42 Å². The molecule has 1 amide bonds. The van der Waals surface area contributed by atoms with Gasteiger partial charge in [0, 0.05) is 23.0 Å². The zero-order valence-corrected chi connectivity index (χ0v) is 17.8. The average Bonchev–Trinajstić information content (AvgIpc) is 2.71. The number of para-hydroxylation sites is 1. The van der Waals surface area contributed by atoms with Crippen LogP contribution >= 0.6 is 0 Å². The molecule has 0 aliphatic heterocycles. The van der Waals surface area contributed by atoms with Gasteiger partial charge in [-0.1, -0.05) is 24.3 Å². The first-order valence-electron chi connectivity index (χ1n) is 9.38. The summed E-state index contributed by atoms with van der Waals surface area (Å²) >= 11 is 0. The number of carbonyl (C=O) groups excluding carboxylic acids is 1. The Labute approximate surface area is 180 Å². The van der Waals surface area contributed by atoms with E-state index in [0.29, 0.717) is 16.9 Å². The number of hydrogen-bond acceptors (Lipinski definition) is 5. The summed E-state index contributed by atoms with van der Waals surface area (Å²) in [6.07, 6.45) is -0.175. The lowest BCUT2D eigenvalue weighted by molar-refractivity contribution is -0.385. The molecule has 160 valence electrons. The van der Waals surface area contributed by atoms with E-state index in [-0.39, 0.29) is 17.0 Å². The molecule has 0 fully saturated rings. The Hall–Kier alpha value is -3.72. The molecule has 3 aromatic carbocycles. The second kappa shape index (κ2) is 8.97. The standard InChI is InChI=1S/C22H21N3O5S/c1-15-7-8-19(13-16(15)2)24-31(29,30)20-11-9-18(10-12-20)23-22(26)14-17-5-3-4-6-21(17)25(27)28/h3-13,24H,14H2,1-2H3,(H,23,26). The number of anilines is 2. The zero-order valence-electron chi connectivity index (χ0n) is 17.0. The maximum Gasteiger partial charge on any atom is 0.273 e. The van der Waals surface area contributed by atoms with Gasteiger partial charge >= 0.3 is 0 Å². The average molecular weight is 439 g/mol. The summed E-state index contributed by atoms with van der Waals surface area (Å²) in [7, 11) is -3.79. The summed E-state index contributed by atoms with van der Waals surface area (Å²) in [5.41, 5.74) is 3.04. The molecule has 3 aromatic rings. The van der Waals surface area contributed by atoms with Gasteiger partial charge in [0.1, 0.15) is 0 Å². The van der Waals surface area contributed by atoms with Crippen molar-refractivity contribution in [3.8, 4) is 0 Å². The number of rotatable bonds is 7. The van der Waals surface area contributed by atoms with Crippen LogP contribution in [0.3, 0.4) is 0 Å². The van der Waals surface area contributed by atoms with Gasteiger partial charge in [-0.3, -0.25) is 19.6 Å². The van der Waals surface area contributed by atoms with Crippen molar-refractivity contribution in [2.45, 2.75) is 25.2 Å². The van der Waals surface area contributed by atoms with Crippen LogP contribution in [0.15, 0.2) is 71.6 Å². The molecule has 0 radical (unpaired) electrons. The van der Waals surface area contributed by atoms with Crippen LogP contribution in [0, 0.1) is 24.0 Å². The van der Waals surface area contributed by atoms with E-state index >= 15 is 0 Å². The highest BCUT2D eigenvalue weighted by Crippen LogP contribution is 2.21. The number of nitrogens with one attached hydrogen (secondary N) is 2. The SMILES string of the molecule is Cc1ccc(NS(=O)(=O)c2ccc(NC(=O)Cc3ccccc3[N+](=O)[O-])cc2)cc1C. The molecule has 8 nitrogen and oxygen atoms in total. The summed E-state index contributed by atoms with van der Waals surface area (Å²) < 4.78 is 27.8. The number of aryl methyl sites for hydroxylation is 2. The fourth-order valence-corrected chi connectivity index (χ4v) is 4.00. The highest BCUT2D eigenvalue weighted by Gasteiger charge is 2.17. The Kier molecular flexibility index (Phi) is 6.36. The summed E-state index contributed by atoms with van der Waals surface area (Å²) in [6.45, 7) is 3.84. The van der Waals surface area contributed by atoms with Gasteiger partial charge < -0.3 is 5.32 Å². The van der Waals surface area contributed by atoms with Crippen LogP contribution in [0.1, 0.15) is 16.7 Å². The molecule has 0 aromatic heterocycles. The van der Waals surface area contributed by atoms with Crippen molar-refractivity contribution in [1.82, 2.24) is 0 Å². The maximum atomic E-state index is 12.6. The predicted octanol–water partition coefficient (Wildman–Crippen LogP) is 4.19. The first-order valence-corrected chi connectivity index (χ1v) is 10.9. The molecule has 0 saturated carbocycles. The normalized spacial score (nSPS) is 11.0. The number of benzene rings is 3. The van der Waals surface area contributed by atoms with Gasteiger partial charge in [0.25, 0.3) is 15.7 Å². The molecule has 0 spiro atoms. The Bertz CT molecular complexity index is 1240. The van der Waals surface area contributed by atoms with Gasteiger partial charge in [-0.05, 0) is 61.4 Å². The van der Waals surface area contributed by atoms with E-state index in [1.807, 2.05) is 19.9 Å². The molecule has 2 N–H and O–H groups in total. The van der Waals surface area contributed by atoms with Gasteiger partial charge in [0.2, 0.25) is 5.91 Å². The smallest absolute Gasteiger partial charge is 0.273 e. The topological polar surface area (TPSA) is 118 Å². The Morgan fingerprint density at radius 1 is 0.935 bits per heavy atom. The third-order valence-corrected chi connectivity index (χ3v) is 6.14. The van der Waals surface area contributed by atoms with Crippen LogP contribution in [0.2, 0.25) is 0 Å². The largest absolute Gasteiger partial charge is 0.326 e. The van der Waals surface area contributed by atoms with E-state index < -0.39 is 20.9 Å². The minimum atomic E-state index is -3.79. The number of nitro benzene ring substituents is 1. The van der Waals surface area contributed by atoms with Crippen molar-refractivity contribution < 1.29 is 18.1 Å². The second-order valence-electron chi connectivity index (χ2n) is 7.04. The fourth-order valence-electron chi connectivity index (χ4n) is 2.95. The predicted molar refractivity (Wildman–Crippen MR) is 119 cm³/mol. The minimum absolute atomic E-state index is 0.0439. The van der Waals surface area contributed by atoms with Gasteiger partial charge in [-0.2, -0.15) is 0 Å². The van der Waals surface area contributed by atoms with E-state index in [1.165, 1.54) is 42.5 Å². The summed E-state index contributed by atoms with van der Waals surface area (Å²) in [4.78, 5) is 22.9. The van der Waals surface area contributed by atoms with Crippen LogP contribution < -0.4 is 10.0 Å². The third-order valence-electron chi connectivity index (χ3n) is 4.75. The van der Waals surface area contributed by atoms with Crippen LogP contribution in [-0.2, 0) is 21.2 Å². The molecule has 0 atom stereocenters. The molecular weight excluding hydrogens is 418 g/mol. The lowest BCUT2D eigenvalue weighted by atomic mass is 10.1. The minimum Gasteiger partial charge on any atom is -0.326 e. The van der Waals surface area contributed by atoms with Crippen LogP contribution in [0.5, 0.6) is 0 Å². The van der Waals surface area contributed by atoms with E-state index in [2.05, 4.69) is 10.0 Å². The maximum absolute atomic E-state index is 12.6. The van der Waals surface area contributed by atoms with Crippen molar-refractivity contribution >= 4 is 33.0 Å². The summed E-state index contributed by atoms with van der Waals surface area (Å²) in [6, 6.07) is 17.0. The molecular formula is C22H21N3O5S. The molecule has 0 aliphatic rings. The first kappa shape index (κ1) is 22.0. The van der Waals surface area contributed by atoms with Crippen LogP contribution in [0.25, 0.3) is 0 Å². The van der Waals surface area contributed by atoms with Crippen molar-refractivity contribution in [2.75, 3.05) is 10.0 Å². The van der Waals surface area contributed by atoms with Crippen molar-refractivity contribution in [2.24, 2.45) is 0 Å². The Morgan fingerprint density at radius 2 is 1.58 bits per heavy atom. The monoisotopic (exact) mass is 439 g/mol. The molecule has 0 heterocycles. The quantitative estimate of drug-likeness (QED) is 0.423. The zero-order chi connectivity index (χ0) is 22.6. The highest BCUT2D eigenvalue weighted by molar-refractivity contribution is 7.92. The lowest BCUT2D eigenvalue weighted by Gasteiger charge is -2.11. The van der Waals surface area contributed by atoms with E-state index in [9.17, 15) is 23.3 Å². The van der Waals surface area contributed by atoms with E-state index in [1.54, 1.807) is 18.2 Å². The van der Waals surface area contributed by atoms with E-state index in [4.69, 9.17) is 0 Å². The summed E-state index contributed by atoms with van der Waals surface area (Å²) in [5, 5.41) is 13.7. The number of sulfonamides is 1. The third kappa shape index (κ3) is 5.46. The number of carbonyl (C=O) groups is 1. The van der Waals surface area contributed by atoms with Gasteiger partial charge in [-0.15, -0.1) is 0 Å². The number of hydrogen-bond donors (Lipinski definition) is 2. The first-order chi connectivity index (χ1) is 14.7. The number of amides is 1. The van der Waals surface area contributed by atoms with Crippen molar-refractivity contribution in [1.29, 1.82) is 0 Å². The lowest BCUT2D eigenvalue weighted by Crippen LogP contribution is -2.16. The highest BCUT2D eigenvalue weighted by atomic mass is 32.2. The van der Waals surface area contributed by atoms with Gasteiger partial charge in [0.15, 0.2) is 0 Å². The van der Waals surface area contributed by atoms with Crippen molar-refractivity contribution in [3.63, 3.8) is 0 Å². The number of nitrogens with zero attached hydrogens (tertiary/aromatic N) is 1. The molecule has 0 bridgehead atoms.